The average molecular weight is 477 g/mol. The molecular formula is C30H36O5. The normalized spacial score (nSPS) is 22.4. The van der Waals surface area contributed by atoms with E-state index in [4.69, 9.17) is 23.7 Å². The molecular weight excluding hydrogens is 440 g/mol. The van der Waals surface area contributed by atoms with Crippen molar-refractivity contribution in [2.75, 3.05) is 6.61 Å². The van der Waals surface area contributed by atoms with Crippen LogP contribution in [0.25, 0.3) is 0 Å². The highest BCUT2D eigenvalue weighted by molar-refractivity contribution is 5.15. The molecule has 1 heterocycles. The molecule has 4 atom stereocenters. The van der Waals surface area contributed by atoms with Gasteiger partial charge in [0.2, 0.25) is 0 Å². The topological polar surface area (TPSA) is 46.2 Å². The van der Waals surface area contributed by atoms with Crippen molar-refractivity contribution in [3.63, 3.8) is 0 Å². The van der Waals surface area contributed by atoms with E-state index in [-0.39, 0.29) is 30.7 Å². The summed E-state index contributed by atoms with van der Waals surface area (Å²) in [5.41, 5.74) is 3.36. The molecule has 0 aliphatic carbocycles. The Bertz CT molecular complexity index is 964. The molecule has 0 unspecified atom stereocenters. The van der Waals surface area contributed by atoms with E-state index in [9.17, 15) is 0 Å². The van der Waals surface area contributed by atoms with Gasteiger partial charge < -0.3 is 23.7 Å². The van der Waals surface area contributed by atoms with Crippen LogP contribution in [-0.2, 0) is 43.5 Å². The molecule has 1 saturated heterocycles. The van der Waals surface area contributed by atoms with Crippen LogP contribution < -0.4 is 0 Å². The van der Waals surface area contributed by atoms with Gasteiger partial charge in [-0.3, -0.25) is 0 Å². The van der Waals surface area contributed by atoms with Crippen molar-refractivity contribution in [2.45, 2.75) is 70.8 Å². The lowest BCUT2D eigenvalue weighted by Gasteiger charge is -2.41. The van der Waals surface area contributed by atoms with E-state index >= 15 is 0 Å². The van der Waals surface area contributed by atoms with Crippen molar-refractivity contribution in [3.8, 4) is 0 Å². The predicted octanol–water partition coefficient (Wildman–Crippen LogP) is 5.91. The van der Waals surface area contributed by atoms with Crippen LogP contribution in [0.1, 0.15) is 37.0 Å². The third-order valence-corrected chi connectivity index (χ3v) is 5.89. The third kappa shape index (κ3) is 8.27. The Balaban J connectivity index is 1.47. The zero-order valence-corrected chi connectivity index (χ0v) is 20.6. The van der Waals surface area contributed by atoms with Gasteiger partial charge in [0.1, 0.15) is 12.2 Å². The SMILES string of the molecule is CC(C)O[C@H]1C[C@@H](OCc2ccccc2)[C@H](OCc2ccccc2)[C@@H](COCc2ccccc2)O1. The fourth-order valence-corrected chi connectivity index (χ4v) is 4.21. The second-order valence-electron chi connectivity index (χ2n) is 9.12. The van der Waals surface area contributed by atoms with E-state index in [0.29, 0.717) is 32.8 Å². The zero-order chi connectivity index (χ0) is 24.3. The van der Waals surface area contributed by atoms with Gasteiger partial charge in [0.25, 0.3) is 0 Å². The molecule has 186 valence electrons. The first kappa shape index (κ1) is 25.5. The van der Waals surface area contributed by atoms with Crippen LogP contribution in [0.5, 0.6) is 0 Å². The van der Waals surface area contributed by atoms with Gasteiger partial charge in [0.15, 0.2) is 6.29 Å². The summed E-state index contributed by atoms with van der Waals surface area (Å²) in [5, 5.41) is 0. The van der Waals surface area contributed by atoms with Crippen molar-refractivity contribution in [3.05, 3.63) is 108 Å². The minimum atomic E-state index is -0.377. The van der Waals surface area contributed by atoms with Crippen molar-refractivity contribution >= 4 is 0 Å². The molecule has 1 fully saturated rings. The summed E-state index contributed by atoms with van der Waals surface area (Å²) >= 11 is 0. The Labute approximate surface area is 208 Å². The molecule has 5 nitrogen and oxygen atoms in total. The van der Waals surface area contributed by atoms with Gasteiger partial charge >= 0.3 is 0 Å². The number of ether oxygens (including phenoxy) is 5. The molecule has 3 aromatic carbocycles. The molecule has 0 saturated carbocycles. The highest BCUT2D eigenvalue weighted by atomic mass is 16.7. The molecule has 0 N–H and O–H groups in total. The summed E-state index contributed by atoms with van der Waals surface area (Å²) < 4.78 is 31.4. The number of rotatable bonds is 12. The van der Waals surface area contributed by atoms with E-state index in [1.54, 1.807) is 0 Å². The maximum atomic E-state index is 6.45. The fourth-order valence-electron chi connectivity index (χ4n) is 4.21. The Morgan fingerprint density at radius 1 is 0.714 bits per heavy atom. The van der Waals surface area contributed by atoms with E-state index in [2.05, 4.69) is 36.4 Å². The van der Waals surface area contributed by atoms with Gasteiger partial charge in [-0.1, -0.05) is 91.0 Å². The molecule has 3 aromatic rings. The lowest BCUT2D eigenvalue weighted by atomic mass is 10.0. The lowest BCUT2D eigenvalue weighted by molar-refractivity contribution is -0.285. The van der Waals surface area contributed by atoms with Crippen molar-refractivity contribution in [2.24, 2.45) is 0 Å². The number of hydrogen-bond donors (Lipinski definition) is 0. The van der Waals surface area contributed by atoms with Gasteiger partial charge in [-0.2, -0.15) is 0 Å². The van der Waals surface area contributed by atoms with Crippen molar-refractivity contribution < 1.29 is 23.7 Å². The molecule has 0 bridgehead atoms. The summed E-state index contributed by atoms with van der Waals surface area (Å²) in [6, 6.07) is 30.5. The first-order valence-electron chi connectivity index (χ1n) is 12.4. The largest absolute Gasteiger partial charge is 0.374 e. The van der Waals surface area contributed by atoms with E-state index in [0.717, 1.165) is 16.7 Å². The summed E-state index contributed by atoms with van der Waals surface area (Å²) in [6.07, 6.45) is -0.538. The smallest absolute Gasteiger partial charge is 0.161 e. The van der Waals surface area contributed by atoms with Gasteiger partial charge in [-0.25, -0.2) is 0 Å². The van der Waals surface area contributed by atoms with Crippen molar-refractivity contribution in [1.29, 1.82) is 0 Å². The molecule has 1 aliphatic heterocycles. The van der Waals surface area contributed by atoms with Gasteiger partial charge in [0, 0.05) is 6.42 Å². The van der Waals surface area contributed by atoms with Crippen molar-refractivity contribution in [1.82, 2.24) is 0 Å². The van der Waals surface area contributed by atoms with Crippen LogP contribution in [0.15, 0.2) is 91.0 Å². The molecule has 0 spiro atoms. The van der Waals surface area contributed by atoms with Crippen LogP contribution in [-0.4, -0.2) is 37.3 Å². The monoisotopic (exact) mass is 476 g/mol. The molecule has 5 heteroatoms. The Kier molecular flexibility index (Phi) is 9.87. The second-order valence-corrected chi connectivity index (χ2v) is 9.12. The minimum Gasteiger partial charge on any atom is -0.374 e. The number of hydrogen-bond acceptors (Lipinski definition) is 5. The zero-order valence-electron chi connectivity index (χ0n) is 20.6. The number of benzene rings is 3. The van der Waals surface area contributed by atoms with Crippen LogP contribution in [0.3, 0.4) is 0 Å². The van der Waals surface area contributed by atoms with E-state index in [1.807, 2.05) is 68.4 Å². The molecule has 35 heavy (non-hydrogen) atoms. The third-order valence-electron chi connectivity index (χ3n) is 5.89. The molecule has 1 aliphatic rings. The maximum absolute atomic E-state index is 6.45. The summed E-state index contributed by atoms with van der Waals surface area (Å²) in [4.78, 5) is 0. The maximum Gasteiger partial charge on any atom is 0.161 e. The predicted molar refractivity (Wildman–Crippen MR) is 136 cm³/mol. The quantitative estimate of drug-likeness (QED) is 0.325. The van der Waals surface area contributed by atoms with Gasteiger partial charge in [-0.05, 0) is 30.5 Å². The molecule has 0 aromatic heterocycles. The average Bonchev–Trinajstić information content (AvgIpc) is 2.88. The van der Waals surface area contributed by atoms with Crippen LogP contribution in [0.4, 0.5) is 0 Å². The Hall–Kier alpha value is -2.54. The Morgan fingerprint density at radius 3 is 1.77 bits per heavy atom. The molecule has 0 amide bonds. The minimum absolute atomic E-state index is 0.0439. The van der Waals surface area contributed by atoms with E-state index < -0.39 is 0 Å². The standard InChI is InChI=1S/C30H36O5/c1-23(2)34-29-18-27(32-20-25-14-8-4-9-15-25)30(33-21-26-16-10-5-11-17-26)28(35-29)22-31-19-24-12-6-3-7-13-24/h3-17,23,27-30H,18-22H2,1-2H3/t27-,28-,29-,30+/m1/s1. The molecule has 0 radical (unpaired) electrons. The highest BCUT2D eigenvalue weighted by Gasteiger charge is 2.41. The van der Waals surface area contributed by atoms with Gasteiger partial charge in [0.05, 0.1) is 38.6 Å². The highest BCUT2D eigenvalue weighted by Crippen LogP contribution is 2.29. The first-order chi connectivity index (χ1) is 17.2. The fraction of sp³-hybridized carbons (Fsp3) is 0.400. The molecule has 4 rings (SSSR count). The summed E-state index contributed by atoms with van der Waals surface area (Å²) in [6.45, 7) is 5.91. The Morgan fingerprint density at radius 2 is 1.23 bits per heavy atom. The van der Waals surface area contributed by atoms with Gasteiger partial charge in [-0.15, -0.1) is 0 Å². The summed E-state index contributed by atoms with van der Waals surface area (Å²) in [7, 11) is 0. The lowest BCUT2D eigenvalue weighted by Crippen LogP contribution is -2.53. The van der Waals surface area contributed by atoms with E-state index in [1.165, 1.54) is 0 Å². The van der Waals surface area contributed by atoms with Crippen LogP contribution >= 0.6 is 0 Å². The summed E-state index contributed by atoms with van der Waals surface area (Å²) in [5.74, 6) is 0. The van der Waals surface area contributed by atoms with Crippen LogP contribution in [0.2, 0.25) is 0 Å². The second kappa shape index (κ2) is 13.5. The van der Waals surface area contributed by atoms with Crippen LogP contribution in [0, 0.1) is 0 Å². The first-order valence-corrected chi connectivity index (χ1v) is 12.4.